The van der Waals surface area contributed by atoms with Gasteiger partial charge in [0.15, 0.2) is 0 Å². The summed E-state index contributed by atoms with van der Waals surface area (Å²) in [4.78, 5) is 16.6. The molecule has 1 fully saturated rings. The van der Waals surface area contributed by atoms with Crippen LogP contribution in [0.15, 0.2) is 30.3 Å². The molecule has 1 saturated heterocycles. The zero-order valence-corrected chi connectivity index (χ0v) is 15.7. The SMILES string of the molecule is CNCCC1CCN(C(=O)c2cc(C)c(-c3ccc(F)cc3)s2)CC1. The topological polar surface area (TPSA) is 32.3 Å². The molecule has 0 radical (unpaired) electrons. The molecule has 2 heterocycles. The quantitative estimate of drug-likeness (QED) is 0.861. The van der Waals surface area contributed by atoms with Crippen LogP contribution in [0.3, 0.4) is 0 Å². The van der Waals surface area contributed by atoms with Gasteiger partial charge in [-0.15, -0.1) is 11.3 Å². The highest BCUT2D eigenvalue weighted by Gasteiger charge is 2.25. The Labute approximate surface area is 152 Å². The van der Waals surface area contributed by atoms with Crippen LogP contribution >= 0.6 is 11.3 Å². The van der Waals surface area contributed by atoms with E-state index < -0.39 is 0 Å². The van der Waals surface area contributed by atoms with Crippen LogP contribution < -0.4 is 5.32 Å². The van der Waals surface area contributed by atoms with Gasteiger partial charge in [0.25, 0.3) is 5.91 Å². The number of amides is 1. The largest absolute Gasteiger partial charge is 0.338 e. The summed E-state index contributed by atoms with van der Waals surface area (Å²) >= 11 is 1.51. The fraction of sp³-hybridized carbons (Fsp3) is 0.450. The van der Waals surface area contributed by atoms with E-state index in [1.807, 2.05) is 24.9 Å². The van der Waals surface area contributed by atoms with Crippen LogP contribution in [0.25, 0.3) is 10.4 Å². The first-order valence-corrected chi connectivity index (χ1v) is 9.70. The van der Waals surface area contributed by atoms with Gasteiger partial charge in [0.1, 0.15) is 5.82 Å². The first-order valence-electron chi connectivity index (χ1n) is 8.88. The van der Waals surface area contributed by atoms with Crippen LogP contribution in [0, 0.1) is 18.7 Å². The number of thiophene rings is 1. The molecule has 2 aromatic rings. The zero-order chi connectivity index (χ0) is 17.8. The van der Waals surface area contributed by atoms with Crippen molar-refractivity contribution in [3.63, 3.8) is 0 Å². The standard InChI is InChI=1S/C20H25FN2OS/c1-14-13-18(25-19(14)16-3-5-17(21)6-4-16)20(24)23-11-8-15(9-12-23)7-10-22-2/h3-6,13,15,22H,7-12H2,1-2H3. The van der Waals surface area contributed by atoms with E-state index in [0.29, 0.717) is 0 Å². The van der Waals surface area contributed by atoms with Crippen molar-refractivity contribution in [2.45, 2.75) is 26.2 Å². The highest BCUT2D eigenvalue weighted by Crippen LogP contribution is 2.33. The van der Waals surface area contributed by atoms with Gasteiger partial charge in [-0.3, -0.25) is 4.79 Å². The van der Waals surface area contributed by atoms with Crippen molar-refractivity contribution in [2.75, 3.05) is 26.7 Å². The molecule has 1 aliphatic heterocycles. The molecule has 1 aromatic carbocycles. The number of piperidine rings is 1. The van der Waals surface area contributed by atoms with E-state index in [1.54, 1.807) is 12.1 Å². The first-order chi connectivity index (χ1) is 12.1. The van der Waals surface area contributed by atoms with E-state index in [-0.39, 0.29) is 11.7 Å². The number of likely N-dealkylation sites (tertiary alicyclic amines) is 1. The number of halogens is 1. The fourth-order valence-electron chi connectivity index (χ4n) is 3.40. The van der Waals surface area contributed by atoms with Crippen molar-refractivity contribution in [1.82, 2.24) is 10.2 Å². The van der Waals surface area contributed by atoms with Gasteiger partial charge in [-0.1, -0.05) is 12.1 Å². The van der Waals surface area contributed by atoms with Gasteiger partial charge in [-0.2, -0.15) is 0 Å². The summed E-state index contributed by atoms with van der Waals surface area (Å²) in [5, 5.41) is 3.20. The van der Waals surface area contributed by atoms with Crippen molar-refractivity contribution in [2.24, 2.45) is 5.92 Å². The van der Waals surface area contributed by atoms with Crippen LogP contribution in [-0.2, 0) is 0 Å². The second-order valence-electron chi connectivity index (χ2n) is 6.76. The zero-order valence-electron chi connectivity index (χ0n) is 14.8. The minimum absolute atomic E-state index is 0.133. The highest BCUT2D eigenvalue weighted by molar-refractivity contribution is 7.17. The lowest BCUT2D eigenvalue weighted by atomic mass is 9.93. The number of aryl methyl sites for hydroxylation is 1. The molecule has 0 spiro atoms. The number of nitrogens with one attached hydrogen (secondary N) is 1. The van der Waals surface area contributed by atoms with Gasteiger partial charge in [-0.05, 0) is 75.0 Å². The minimum atomic E-state index is -0.240. The third kappa shape index (κ3) is 4.28. The van der Waals surface area contributed by atoms with Gasteiger partial charge in [0, 0.05) is 18.0 Å². The van der Waals surface area contributed by atoms with Gasteiger partial charge >= 0.3 is 0 Å². The Hall–Kier alpha value is -1.72. The maximum atomic E-state index is 13.1. The fourth-order valence-corrected chi connectivity index (χ4v) is 4.55. The van der Waals surface area contributed by atoms with E-state index in [0.717, 1.165) is 59.3 Å². The predicted octanol–water partition coefficient (Wildman–Crippen LogP) is 4.32. The average molecular weight is 360 g/mol. The van der Waals surface area contributed by atoms with E-state index in [4.69, 9.17) is 0 Å². The van der Waals surface area contributed by atoms with Crippen molar-refractivity contribution in [3.8, 4) is 10.4 Å². The molecule has 0 atom stereocenters. The Balaban J connectivity index is 1.67. The van der Waals surface area contributed by atoms with Crippen molar-refractivity contribution in [3.05, 3.63) is 46.6 Å². The van der Waals surface area contributed by atoms with E-state index in [2.05, 4.69) is 5.32 Å². The van der Waals surface area contributed by atoms with Crippen LogP contribution in [0.5, 0.6) is 0 Å². The Morgan fingerprint density at radius 3 is 2.60 bits per heavy atom. The highest BCUT2D eigenvalue weighted by atomic mass is 32.1. The van der Waals surface area contributed by atoms with Crippen LogP contribution in [0.1, 0.15) is 34.5 Å². The molecular weight excluding hydrogens is 335 g/mol. The maximum absolute atomic E-state index is 13.1. The molecule has 5 heteroatoms. The molecule has 1 aromatic heterocycles. The molecule has 1 aliphatic rings. The predicted molar refractivity (Wildman–Crippen MR) is 102 cm³/mol. The Kier molecular flexibility index (Phi) is 5.86. The number of hydrogen-bond donors (Lipinski definition) is 1. The average Bonchev–Trinajstić information content (AvgIpc) is 3.02. The number of carbonyl (C=O) groups excluding carboxylic acids is 1. The van der Waals surface area contributed by atoms with Crippen LogP contribution in [0.2, 0.25) is 0 Å². The lowest BCUT2D eigenvalue weighted by Gasteiger charge is -2.31. The summed E-state index contributed by atoms with van der Waals surface area (Å²) in [5.41, 5.74) is 2.04. The smallest absolute Gasteiger partial charge is 0.263 e. The first kappa shape index (κ1) is 18.1. The second kappa shape index (κ2) is 8.11. The van der Waals surface area contributed by atoms with Gasteiger partial charge < -0.3 is 10.2 Å². The third-order valence-corrected chi connectivity index (χ3v) is 6.21. The molecule has 1 N–H and O–H groups in total. The normalized spacial score (nSPS) is 15.6. The molecule has 3 rings (SSSR count). The summed E-state index contributed by atoms with van der Waals surface area (Å²) in [6, 6.07) is 8.45. The lowest BCUT2D eigenvalue weighted by Crippen LogP contribution is -2.38. The van der Waals surface area contributed by atoms with E-state index in [9.17, 15) is 9.18 Å². The van der Waals surface area contributed by atoms with E-state index >= 15 is 0 Å². The molecule has 1 amide bonds. The summed E-state index contributed by atoms with van der Waals surface area (Å²) < 4.78 is 13.1. The number of carbonyl (C=O) groups is 1. The molecule has 0 unspecified atom stereocenters. The Morgan fingerprint density at radius 1 is 1.28 bits per heavy atom. The molecular formula is C20H25FN2OS. The molecule has 25 heavy (non-hydrogen) atoms. The van der Waals surface area contributed by atoms with Gasteiger partial charge in [0.05, 0.1) is 4.88 Å². The van der Waals surface area contributed by atoms with Gasteiger partial charge in [0.2, 0.25) is 0 Å². The minimum Gasteiger partial charge on any atom is -0.338 e. The maximum Gasteiger partial charge on any atom is 0.263 e. The van der Waals surface area contributed by atoms with Gasteiger partial charge in [-0.25, -0.2) is 4.39 Å². The second-order valence-corrected chi connectivity index (χ2v) is 7.81. The summed E-state index contributed by atoms with van der Waals surface area (Å²) in [5.74, 6) is 0.611. The van der Waals surface area contributed by atoms with E-state index in [1.165, 1.54) is 29.9 Å². The summed E-state index contributed by atoms with van der Waals surface area (Å²) in [6.07, 6.45) is 3.36. The Morgan fingerprint density at radius 2 is 1.96 bits per heavy atom. The Bertz CT molecular complexity index is 718. The third-order valence-electron chi connectivity index (χ3n) is 4.94. The van der Waals surface area contributed by atoms with Crippen molar-refractivity contribution < 1.29 is 9.18 Å². The van der Waals surface area contributed by atoms with Crippen LogP contribution in [0.4, 0.5) is 4.39 Å². The number of benzene rings is 1. The number of hydrogen-bond acceptors (Lipinski definition) is 3. The number of nitrogens with zero attached hydrogens (tertiary/aromatic N) is 1. The lowest BCUT2D eigenvalue weighted by molar-refractivity contribution is 0.0692. The molecule has 134 valence electrons. The number of rotatable bonds is 5. The van der Waals surface area contributed by atoms with Crippen molar-refractivity contribution >= 4 is 17.2 Å². The molecule has 0 saturated carbocycles. The van der Waals surface area contributed by atoms with Crippen LogP contribution in [-0.4, -0.2) is 37.5 Å². The van der Waals surface area contributed by atoms with Crippen molar-refractivity contribution in [1.29, 1.82) is 0 Å². The molecule has 3 nitrogen and oxygen atoms in total. The molecule has 0 bridgehead atoms. The molecule has 0 aliphatic carbocycles. The summed E-state index contributed by atoms with van der Waals surface area (Å²) in [6.45, 7) is 4.74. The monoisotopic (exact) mass is 360 g/mol. The summed E-state index contributed by atoms with van der Waals surface area (Å²) in [7, 11) is 1.98.